The number of piperidine rings is 1. The van der Waals surface area contributed by atoms with Gasteiger partial charge in [-0.3, -0.25) is 9.69 Å². The van der Waals surface area contributed by atoms with Gasteiger partial charge in [-0.15, -0.1) is 0 Å². The van der Waals surface area contributed by atoms with Gasteiger partial charge in [0.25, 0.3) is 0 Å². The summed E-state index contributed by atoms with van der Waals surface area (Å²) in [7, 11) is 0. The van der Waals surface area contributed by atoms with E-state index >= 15 is 0 Å². The van der Waals surface area contributed by atoms with Crippen LogP contribution in [0.1, 0.15) is 37.7 Å². The molecule has 2 fully saturated rings. The summed E-state index contributed by atoms with van der Waals surface area (Å²) in [4.78, 5) is 14.2. The summed E-state index contributed by atoms with van der Waals surface area (Å²) in [5.74, 6) is 0.383. The molecule has 3 nitrogen and oxygen atoms in total. The molecule has 0 aromatic heterocycles. The zero-order chi connectivity index (χ0) is 14.7. The van der Waals surface area contributed by atoms with E-state index in [1.54, 1.807) is 6.07 Å². The smallest absolute Gasteiger partial charge is 0.223 e. The molecule has 1 aliphatic heterocycles. The first-order valence-corrected chi connectivity index (χ1v) is 7.98. The third kappa shape index (κ3) is 3.62. The largest absolute Gasteiger partial charge is 0.353 e. The van der Waals surface area contributed by atoms with Gasteiger partial charge in [-0.1, -0.05) is 24.6 Å². The molecule has 0 radical (unpaired) electrons. The van der Waals surface area contributed by atoms with Crippen LogP contribution in [0, 0.1) is 11.7 Å². The normalized spacial score (nSPS) is 21.0. The molecule has 1 aromatic rings. The number of carbonyl (C=O) groups excluding carboxylic acids is 1. The van der Waals surface area contributed by atoms with E-state index in [1.807, 2.05) is 12.1 Å². The fourth-order valence-electron chi connectivity index (χ4n) is 3.09. The summed E-state index contributed by atoms with van der Waals surface area (Å²) in [6, 6.07) is 7.26. The molecule has 21 heavy (non-hydrogen) atoms. The van der Waals surface area contributed by atoms with Crippen molar-refractivity contribution >= 4 is 5.91 Å². The van der Waals surface area contributed by atoms with Crippen LogP contribution < -0.4 is 5.32 Å². The standard InChI is InChI=1S/C17H23FN2O/c18-16-7-2-1-4-14(16)12-20-10-8-15(9-11-20)19-17(21)13-5-3-6-13/h1-2,4,7,13,15H,3,5-6,8-12H2,(H,19,21). The average Bonchev–Trinajstić information content (AvgIpc) is 2.41. The molecule has 0 atom stereocenters. The Hall–Kier alpha value is -1.42. The summed E-state index contributed by atoms with van der Waals surface area (Å²) in [5.41, 5.74) is 0.759. The van der Waals surface area contributed by atoms with Crippen LogP contribution in [-0.4, -0.2) is 29.9 Å². The molecule has 1 N–H and O–H groups in total. The summed E-state index contributed by atoms with van der Waals surface area (Å²) in [6.45, 7) is 2.50. The molecule has 0 bridgehead atoms. The van der Waals surface area contributed by atoms with E-state index in [0.29, 0.717) is 12.6 Å². The highest BCUT2D eigenvalue weighted by Gasteiger charge is 2.28. The number of halogens is 1. The minimum atomic E-state index is -0.127. The van der Waals surface area contributed by atoms with Crippen LogP contribution >= 0.6 is 0 Å². The zero-order valence-electron chi connectivity index (χ0n) is 12.4. The Labute approximate surface area is 125 Å². The second kappa shape index (κ2) is 6.56. The third-order valence-electron chi connectivity index (χ3n) is 4.76. The van der Waals surface area contributed by atoms with Gasteiger partial charge < -0.3 is 5.32 Å². The predicted octanol–water partition coefficient (Wildman–Crippen LogP) is 2.71. The molecule has 1 aromatic carbocycles. The molecule has 1 saturated heterocycles. The predicted molar refractivity (Wildman–Crippen MR) is 80.2 cm³/mol. The van der Waals surface area contributed by atoms with Crippen molar-refractivity contribution in [1.82, 2.24) is 10.2 Å². The highest BCUT2D eigenvalue weighted by atomic mass is 19.1. The van der Waals surface area contributed by atoms with Crippen molar-refractivity contribution in [3.8, 4) is 0 Å². The van der Waals surface area contributed by atoms with Crippen molar-refractivity contribution in [2.75, 3.05) is 13.1 Å². The summed E-state index contributed by atoms with van der Waals surface area (Å²) < 4.78 is 13.6. The maximum absolute atomic E-state index is 13.6. The molecule has 1 heterocycles. The first-order chi connectivity index (χ1) is 10.2. The van der Waals surface area contributed by atoms with Gasteiger partial charge in [-0.2, -0.15) is 0 Å². The Kier molecular flexibility index (Phi) is 4.54. The van der Waals surface area contributed by atoms with Crippen LogP contribution in [-0.2, 0) is 11.3 Å². The molecular formula is C17H23FN2O. The Morgan fingerprint density at radius 1 is 1.19 bits per heavy atom. The summed E-state index contributed by atoms with van der Waals surface area (Å²) >= 11 is 0. The van der Waals surface area contributed by atoms with Crippen LogP contribution in [0.5, 0.6) is 0 Å². The first kappa shape index (κ1) is 14.5. The highest BCUT2D eigenvalue weighted by molar-refractivity contribution is 5.79. The van der Waals surface area contributed by atoms with Crippen molar-refractivity contribution in [2.24, 2.45) is 5.92 Å². The molecule has 0 spiro atoms. The number of nitrogens with zero attached hydrogens (tertiary/aromatic N) is 1. The Bertz CT molecular complexity index is 493. The van der Waals surface area contributed by atoms with Crippen LogP contribution in [0.25, 0.3) is 0 Å². The number of hydrogen-bond acceptors (Lipinski definition) is 2. The molecule has 0 unspecified atom stereocenters. The Balaban J connectivity index is 1.44. The number of hydrogen-bond donors (Lipinski definition) is 1. The quantitative estimate of drug-likeness (QED) is 0.924. The molecule has 2 aliphatic rings. The van der Waals surface area contributed by atoms with Crippen molar-refractivity contribution in [3.05, 3.63) is 35.6 Å². The monoisotopic (exact) mass is 290 g/mol. The number of nitrogens with one attached hydrogen (secondary N) is 1. The molecule has 3 rings (SSSR count). The van der Waals surface area contributed by atoms with E-state index < -0.39 is 0 Å². The number of amides is 1. The Morgan fingerprint density at radius 2 is 1.90 bits per heavy atom. The van der Waals surface area contributed by atoms with Gasteiger partial charge in [0.2, 0.25) is 5.91 Å². The van der Waals surface area contributed by atoms with Crippen LogP contribution in [0.15, 0.2) is 24.3 Å². The zero-order valence-corrected chi connectivity index (χ0v) is 12.4. The molecule has 1 aliphatic carbocycles. The maximum atomic E-state index is 13.6. The average molecular weight is 290 g/mol. The number of benzene rings is 1. The van der Waals surface area contributed by atoms with Gasteiger partial charge in [0.1, 0.15) is 5.82 Å². The SMILES string of the molecule is O=C(NC1CCN(Cc2ccccc2F)CC1)C1CCC1. The number of likely N-dealkylation sites (tertiary alicyclic amines) is 1. The number of carbonyl (C=O) groups is 1. The van der Waals surface area contributed by atoms with E-state index in [1.165, 1.54) is 12.5 Å². The minimum absolute atomic E-state index is 0.127. The molecular weight excluding hydrogens is 267 g/mol. The van der Waals surface area contributed by atoms with Crippen molar-refractivity contribution in [2.45, 2.75) is 44.7 Å². The van der Waals surface area contributed by atoms with E-state index in [-0.39, 0.29) is 17.6 Å². The van der Waals surface area contributed by atoms with Gasteiger partial charge in [0.05, 0.1) is 0 Å². The van der Waals surface area contributed by atoms with E-state index in [9.17, 15) is 9.18 Å². The maximum Gasteiger partial charge on any atom is 0.223 e. The minimum Gasteiger partial charge on any atom is -0.353 e. The van der Waals surface area contributed by atoms with Crippen LogP contribution in [0.4, 0.5) is 4.39 Å². The van der Waals surface area contributed by atoms with Crippen molar-refractivity contribution < 1.29 is 9.18 Å². The van der Waals surface area contributed by atoms with Gasteiger partial charge >= 0.3 is 0 Å². The van der Waals surface area contributed by atoms with Gasteiger partial charge in [0, 0.05) is 37.2 Å². The van der Waals surface area contributed by atoms with Gasteiger partial charge in [-0.05, 0) is 31.7 Å². The summed E-state index contributed by atoms with van der Waals surface area (Å²) in [5, 5.41) is 3.18. The fourth-order valence-corrected chi connectivity index (χ4v) is 3.09. The highest BCUT2D eigenvalue weighted by Crippen LogP contribution is 2.27. The van der Waals surface area contributed by atoms with Crippen LogP contribution in [0.2, 0.25) is 0 Å². The van der Waals surface area contributed by atoms with Crippen molar-refractivity contribution in [1.29, 1.82) is 0 Å². The summed E-state index contributed by atoms with van der Waals surface area (Å²) in [6.07, 6.45) is 5.23. The van der Waals surface area contributed by atoms with Crippen LogP contribution in [0.3, 0.4) is 0 Å². The molecule has 4 heteroatoms. The topological polar surface area (TPSA) is 32.3 Å². The Morgan fingerprint density at radius 3 is 2.52 bits per heavy atom. The molecule has 1 amide bonds. The van der Waals surface area contributed by atoms with E-state index in [4.69, 9.17) is 0 Å². The molecule has 114 valence electrons. The van der Waals surface area contributed by atoms with Gasteiger partial charge in [-0.25, -0.2) is 4.39 Å². The lowest BCUT2D eigenvalue weighted by Gasteiger charge is -2.34. The lowest BCUT2D eigenvalue weighted by molar-refractivity contribution is -0.128. The first-order valence-electron chi connectivity index (χ1n) is 7.98. The second-order valence-electron chi connectivity index (χ2n) is 6.28. The lowest BCUT2D eigenvalue weighted by Crippen LogP contribution is -2.47. The second-order valence-corrected chi connectivity index (χ2v) is 6.28. The lowest BCUT2D eigenvalue weighted by atomic mass is 9.84. The molecule has 1 saturated carbocycles. The fraction of sp³-hybridized carbons (Fsp3) is 0.588. The van der Waals surface area contributed by atoms with E-state index in [0.717, 1.165) is 44.3 Å². The van der Waals surface area contributed by atoms with Crippen molar-refractivity contribution in [3.63, 3.8) is 0 Å². The number of rotatable bonds is 4. The third-order valence-corrected chi connectivity index (χ3v) is 4.76. The van der Waals surface area contributed by atoms with Gasteiger partial charge in [0.15, 0.2) is 0 Å². The van der Waals surface area contributed by atoms with E-state index in [2.05, 4.69) is 10.2 Å².